The topological polar surface area (TPSA) is 37.8 Å². The predicted octanol–water partition coefficient (Wildman–Crippen LogP) is 2.16. The molecule has 1 aliphatic heterocycles. The molecule has 1 aromatic rings. The summed E-state index contributed by atoms with van der Waals surface area (Å²) in [5.41, 5.74) is 1.09. The third kappa shape index (κ3) is 3.76. The van der Waals surface area contributed by atoms with Crippen molar-refractivity contribution in [3.05, 3.63) is 23.8 Å². The fourth-order valence-electron chi connectivity index (χ4n) is 1.93. The molecule has 0 radical (unpaired) electrons. The highest BCUT2D eigenvalue weighted by atomic mass is 32.2. The van der Waals surface area contributed by atoms with E-state index in [1.165, 1.54) is 25.0 Å². The number of aryl methyl sites for hydroxylation is 1. The molecular weight excluding hydrogens is 218 g/mol. The third-order valence-corrected chi connectivity index (χ3v) is 4.18. The minimum absolute atomic E-state index is 0.802. The zero-order chi connectivity index (χ0) is 11.2. The van der Waals surface area contributed by atoms with Crippen molar-refractivity contribution in [1.82, 2.24) is 15.3 Å². The molecule has 0 aromatic carbocycles. The molecule has 1 fully saturated rings. The summed E-state index contributed by atoms with van der Waals surface area (Å²) in [6.07, 6.45) is 5.98. The van der Waals surface area contributed by atoms with Gasteiger partial charge in [-0.1, -0.05) is 6.42 Å². The first-order valence-corrected chi connectivity index (χ1v) is 7.00. The summed E-state index contributed by atoms with van der Waals surface area (Å²) >= 11 is 2.11. The van der Waals surface area contributed by atoms with Crippen LogP contribution in [0.1, 0.15) is 30.8 Å². The molecule has 0 aliphatic carbocycles. The van der Waals surface area contributed by atoms with Gasteiger partial charge in [0.25, 0.3) is 0 Å². The van der Waals surface area contributed by atoms with Crippen LogP contribution in [0.2, 0.25) is 0 Å². The number of aromatic nitrogens is 2. The van der Waals surface area contributed by atoms with Crippen LogP contribution in [-0.2, 0) is 6.54 Å². The first-order valence-electron chi connectivity index (χ1n) is 5.95. The van der Waals surface area contributed by atoms with Crippen molar-refractivity contribution in [3.8, 4) is 0 Å². The van der Waals surface area contributed by atoms with Gasteiger partial charge < -0.3 is 5.32 Å². The lowest BCUT2D eigenvalue weighted by Crippen LogP contribution is -2.26. The molecule has 88 valence electrons. The molecule has 1 saturated heterocycles. The Bertz CT molecular complexity index is 324. The summed E-state index contributed by atoms with van der Waals surface area (Å²) in [7, 11) is 0. The molecule has 0 spiro atoms. The van der Waals surface area contributed by atoms with Gasteiger partial charge in [-0.3, -0.25) is 0 Å². The van der Waals surface area contributed by atoms with Crippen molar-refractivity contribution in [2.45, 2.75) is 38.0 Å². The van der Waals surface area contributed by atoms with E-state index in [1.54, 1.807) is 0 Å². The highest BCUT2D eigenvalue weighted by Gasteiger charge is 2.12. The SMILES string of the molecule is Cc1nccc(CNCC2CCCCS2)n1. The van der Waals surface area contributed by atoms with Crippen LogP contribution >= 0.6 is 11.8 Å². The maximum atomic E-state index is 4.38. The number of rotatable bonds is 4. The van der Waals surface area contributed by atoms with Gasteiger partial charge in [0.2, 0.25) is 0 Å². The van der Waals surface area contributed by atoms with Crippen LogP contribution in [0.15, 0.2) is 12.3 Å². The highest BCUT2D eigenvalue weighted by molar-refractivity contribution is 7.99. The summed E-state index contributed by atoms with van der Waals surface area (Å²) in [5, 5.41) is 4.29. The number of hydrogen-bond donors (Lipinski definition) is 1. The van der Waals surface area contributed by atoms with Gasteiger partial charge in [-0.25, -0.2) is 9.97 Å². The second-order valence-electron chi connectivity index (χ2n) is 4.21. The van der Waals surface area contributed by atoms with Crippen LogP contribution in [0.4, 0.5) is 0 Å². The summed E-state index contributed by atoms with van der Waals surface area (Å²) in [6.45, 7) is 3.90. The summed E-state index contributed by atoms with van der Waals surface area (Å²) in [6, 6.07) is 1.98. The molecule has 1 atom stereocenters. The van der Waals surface area contributed by atoms with E-state index in [1.807, 2.05) is 19.2 Å². The quantitative estimate of drug-likeness (QED) is 0.871. The molecule has 0 amide bonds. The molecule has 1 aliphatic rings. The zero-order valence-corrected chi connectivity index (χ0v) is 10.6. The molecular formula is C12H19N3S. The number of hydrogen-bond acceptors (Lipinski definition) is 4. The third-order valence-electron chi connectivity index (χ3n) is 2.79. The van der Waals surface area contributed by atoms with Crippen molar-refractivity contribution in [3.63, 3.8) is 0 Å². The maximum absolute atomic E-state index is 4.38. The Hall–Kier alpha value is -0.610. The lowest BCUT2D eigenvalue weighted by Gasteiger charge is -2.21. The van der Waals surface area contributed by atoms with Gasteiger partial charge in [-0.15, -0.1) is 0 Å². The Morgan fingerprint density at radius 1 is 1.50 bits per heavy atom. The Morgan fingerprint density at radius 3 is 3.19 bits per heavy atom. The second-order valence-corrected chi connectivity index (χ2v) is 5.62. The Balaban J connectivity index is 1.71. The molecule has 2 rings (SSSR count). The molecule has 0 bridgehead atoms. The second kappa shape index (κ2) is 6.21. The fourth-order valence-corrected chi connectivity index (χ4v) is 3.21. The van der Waals surface area contributed by atoms with Crippen molar-refractivity contribution >= 4 is 11.8 Å². The average molecular weight is 237 g/mol. The number of thioether (sulfide) groups is 1. The molecule has 16 heavy (non-hydrogen) atoms. The van der Waals surface area contributed by atoms with Gasteiger partial charge >= 0.3 is 0 Å². The molecule has 1 aromatic heterocycles. The van der Waals surface area contributed by atoms with E-state index < -0.39 is 0 Å². The first-order chi connectivity index (χ1) is 7.84. The Morgan fingerprint density at radius 2 is 2.44 bits per heavy atom. The van der Waals surface area contributed by atoms with Gasteiger partial charge in [0, 0.05) is 24.5 Å². The van der Waals surface area contributed by atoms with E-state index in [-0.39, 0.29) is 0 Å². The van der Waals surface area contributed by atoms with E-state index in [0.717, 1.165) is 29.9 Å². The number of nitrogens with zero attached hydrogens (tertiary/aromatic N) is 2. The molecule has 4 heteroatoms. The van der Waals surface area contributed by atoms with E-state index in [4.69, 9.17) is 0 Å². The van der Waals surface area contributed by atoms with E-state index in [2.05, 4.69) is 27.0 Å². The summed E-state index contributed by atoms with van der Waals surface area (Å²) in [4.78, 5) is 8.47. The predicted molar refractivity (Wildman–Crippen MR) is 68.6 cm³/mol. The normalized spacial score (nSPS) is 20.9. The fraction of sp³-hybridized carbons (Fsp3) is 0.667. The minimum Gasteiger partial charge on any atom is -0.310 e. The molecule has 0 saturated carbocycles. The lowest BCUT2D eigenvalue weighted by molar-refractivity contribution is 0.592. The van der Waals surface area contributed by atoms with Gasteiger partial charge in [-0.05, 0) is 31.6 Å². The molecule has 3 nitrogen and oxygen atoms in total. The van der Waals surface area contributed by atoms with Gasteiger partial charge in [-0.2, -0.15) is 11.8 Å². The van der Waals surface area contributed by atoms with Gasteiger partial charge in [0.15, 0.2) is 0 Å². The van der Waals surface area contributed by atoms with Crippen molar-refractivity contribution in [1.29, 1.82) is 0 Å². The average Bonchev–Trinajstić information content (AvgIpc) is 2.30. The number of nitrogens with one attached hydrogen (secondary N) is 1. The smallest absolute Gasteiger partial charge is 0.125 e. The van der Waals surface area contributed by atoms with Crippen molar-refractivity contribution in [2.75, 3.05) is 12.3 Å². The van der Waals surface area contributed by atoms with Crippen LogP contribution in [0.3, 0.4) is 0 Å². The summed E-state index contributed by atoms with van der Waals surface area (Å²) < 4.78 is 0. The largest absolute Gasteiger partial charge is 0.310 e. The highest BCUT2D eigenvalue weighted by Crippen LogP contribution is 2.24. The van der Waals surface area contributed by atoms with E-state index >= 15 is 0 Å². The Labute approximate surface area is 101 Å². The molecule has 1 unspecified atom stereocenters. The molecule has 1 N–H and O–H groups in total. The van der Waals surface area contributed by atoms with E-state index in [0.29, 0.717) is 0 Å². The lowest BCUT2D eigenvalue weighted by atomic mass is 10.2. The van der Waals surface area contributed by atoms with Crippen LogP contribution in [0, 0.1) is 6.92 Å². The molecule has 2 heterocycles. The van der Waals surface area contributed by atoms with Gasteiger partial charge in [0.05, 0.1) is 5.69 Å². The van der Waals surface area contributed by atoms with E-state index in [9.17, 15) is 0 Å². The van der Waals surface area contributed by atoms with Crippen LogP contribution in [-0.4, -0.2) is 27.5 Å². The first kappa shape index (κ1) is 11.9. The summed E-state index contributed by atoms with van der Waals surface area (Å²) in [5.74, 6) is 2.19. The standard InChI is InChI=1S/C12H19N3S/c1-10-14-6-5-11(15-10)8-13-9-12-4-2-3-7-16-12/h5-6,12-13H,2-4,7-9H2,1H3. The Kier molecular flexibility index (Phi) is 4.60. The maximum Gasteiger partial charge on any atom is 0.125 e. The van der Waals surface area contributed by atoms with Crippen molar-refractivity contribution in [2.24, 2.45) is 0 Å². The zero-order valence-electron chi connectivity index (χ0n) is 9.78. The van der Waals surface area contributed by atoms with Crippen molar-refractivity contribution < 1.29 is 0 Å². The minimum atomic E-state index is 0.802. The monoisotopic (exact) mass is 237 g/mol. The van der Waals surface area contributed by atoms with Crippen LogP contribution < -0.4 is 5.32 Å². The van der Waals surface area contributed by atoms with Crippen LogP contribution in [0.25, 0.3) is 0 Å². The van der Waals surface area contributed by atoms with Gasteiger partial charge in [0.1, 0.15) is 5.82 Å². The van der Waals surface area contributed by atoms with Crippen LogP contribution in [0.5, 0.6) is 0 Å².